The maximum Gasteiger partial charge on any atom is 0.222 e. The molecule has 0 bridgehead atoms. The third-order valence-electron chi connectivity index (χ3n) is 4.16. The fourth-order valence-corrected chi connectivity index (χ4v) is 3.66. The SMILES string of the molecule is CSc1cnc(NCC(C)CNc2nc3c(C)c(C)ccc3s2)nc1.NC=O. The summed E-state index contributed by atoms with van der Waals surface area (Å²) in [6.45, 7) is 8.13. The van der Waals surface area contributed by atoms with Gasteiger partial charge >= 0.3 is 0 Å². The van der Waals surface area contributed by atoms with Crippen LogP contribution in [-0.2, 0) is 4.79 Å². The van der Waals surface area contributed by atoms with Crippen molar-refractivity contribution in [1.82, 2.24) is 15.0 Å². The minimum Gasteiger partial charge on any atom is -0.372 e. The van der Waals surface area contributed by atoms with Crippen molar-refractivity contribution < 1.29 is 4.79 Å². The second kappa shape index (κ2) is 10.8. The van der Waals surface area contributed by atoms with Crippen LogP contribution in [0.15, 0.2) is 29.4 Å². The zero-order valence-electron chi connectivity index (χ0n) is 16.5. The molecule has 0 aliphatic carbocycles. The molecule has 0 fully saturated rings. The number of nitrogens with one attached hydrogen (secondary N) is 2. The number of carbonyl (C=O) groups is 1. The van der Waals surface area contributed by atoms with Crippen LogP contribution < -0.4 is 16.4 Å². The maximum atomic E-state index is 8.58. The Morgan fingerprint density at radius 2 is 1.86 bits per heavy atom. The summed E-state index contributed by atoms with van der Waals surface area (Å²) in [5, 5.41) is 7.73. The summed E-state index contributed by atoms with van der Waals surface area (Å²) >= 11 is 3.35. The number of thioether (sulfide) groups is 1. The van der Waals surface area contributed by atoms with Crippen LogP contribution in [0.1, 0.15) is 18.1 Å². The average molecular weight is 419 g/mol. The summed E-state index contributed by atoms with van der Waals surface area (Å²) < 4.78 is 1.23. The van der Waals surface area contributed by atoms with E-state index in [0.29, 0.717) is 11.9 Å². The van der Waals surface area contributed by atoms with Gasteiger partial charge in [0.2, 0.25) is 12.4 Å². The molecule has 3 rings (SSSR count). The van der Waals surface area contributed by atoms with E-state index in [1.807, 2.05) is 18.6 Å². The Labute approximate surface area is 173 Å². The third kappa shape index (κ3) is 6.07. The first-order chi connectivity index (χ1) is 13.5. The number of primary amides is 1. The number of thiazole rings is 1. The first-order valence-corrected chi connectivity index (χ1v) is 10.9. The van der Waals surface area contributed by atoms with Gasteiger partial charge in [-0.2, -0.15) is 0 Å². The molecular formula is C19H26N6OS2. The molecule has 28 heavy (non-hydrogen) atoms. The third-order valence-corrected chi connectivity index (χ3v) is 5.82. The van der Waals surface area contributed by atoms with Crippen molar-refractivity contribution in [2.24, 2.45) is 11.7 Å². The molecule has 2 heterocycles. The van der Waals surface area contributed by atoms with E-state index in [-0.39, 0.29) is 6.41 Å². The zero-order valence-corrected chi connectivity index (χ0v) is 18.2. The fourth-order valence-electron chi connectivity index (χ4n) is 2.41. The molecule has 1 unspecified atom stereocenters. The topological polar surface area (TPSA) is 106 Å². The van der Waals surface area contributed by atoms with E-state index in [1.165, 1.54) is 15.8 Å². The smallest absolute Gasteiger partial charge is 0.222 e. The summed E-state index contributed by atoms with van der Waals surface area (Å²) in [5.74, 6) is 1.11. The molecule has 0 saturated heterocycles. The van der Waals surface area contributed by atoms with Crippen LogP contribution in [0.25, 0.3) is 10.2 Å². The number of aryl methyl sites for hydroxylation is 2. The highest BCUT2D eigenvalue weighted by Gasteiger charge is 2.09. The Bertz CT molecular complexity index is 897. The molecule has 2 aromatic heterocycles. The van der Waals surface area contributed by atoms with Crippen LogP contribution >= 0.6 is 23.1 Å². The number of fused-ring (bicyclic) bond motifs is 1. The monoisotopic (exact) mass is 418 g/mol. The van der Waals surface area contributed by atoms with Gasteiger partial charge in [0.25, 0.3) is 0 Å². The van der Waals surface area contributed by atoms with Crippen LogP contribution in [0.4, 0.5) is 11.1 Å². The van der Waals surface area contributed by atoms with Crippen molar-refractivity contribution in [3.05, 3.63) is 35.7 Å². The van der Waals surface area contributed by atoms with Crippen LogP contribution in [0.3, 0.4) is 0 Å². The van der Waals surface area contributed by atoms with Gasteiger partial charge in [-0.1, -0.05) is 24.3 Å². The summed E-state index contributed by atoms with van der Waals surface area (Å²) in [6.07, 6.45) is 5.95. The molecule has 1 atom stereocenters. The number of hydrogen-bond donors (Lipinski definition) is 3. The van der Waals surface area contributed by atoms with Crippen molar-refractivity contribution >= 4 is 50.8 Å². The predicted octanol–water partition coefficient (Wildman–Crippen LogP) is 3.69. The van der Waals surface area contributed by atoms with Crippen LogP contribution in [-0.4, -0.2) is 40.7 Å². The van der Waals surface area contributed by atoms with Crippen LogP contribution in [0, 0.1) is 19.8 Å². The van der Waals surface area contributed by atoms with Gasteiger partial charge in [-0.05, 0) is 43.2 Å². The Morgan fingerprint density at radius 1 is 1.21 bits per heavy atom. The highest BCUT2D eigenvalue weighted by Crippen LogP contribution is 2.29. The summed E-state index contributed by atoms with van der Waals surface area (Å²) in [4.78, 5) is 23.0. The van der Waals surface area contributed by atoms with Crippen molar-refractivity contribution in [2.75, 3.05) is 30.0 Å². The summed E-state index contributed by atoms with van der Waals surface area (Å²) in [7, 11) is 0. The van der Waals surface area contributed by atoms with E-state index in [0.717, 1.165) is 28.6 Å². The maximum absolute atomic E-state index is 8.58. The second-order valence-corrected chi connectivity index (χ2v) is 8.23. The van der Waals surface area contributed by atoms with Crippen molar-refractivity contribution in [3.63, 3.8) is 0 Å². The fraction of sp³-hybridized carbons (Fsp3) is 0.368. The lowest BCUT2D eigenvalue weighted by Crippen LogP contribution is -2.20. The molecule has 4 N–H and O–H groups in total. The lowest BCUT2D eigenvalue weighted by Gasteiger charge is -2.13. The van der Waals surface area contributed by atoms with E-state index in [1.54, 1.807) is 23.1 Å². The number of anilines is 2. The lowest BCUT2D eigenvalue weighted by molar-refractivity contribution is -0.106. The first-order valence-electron chi connectivity index (χ1n) is 8.84. The van der Waals surface area contributed by atoms with Gasteiger partial charge in [0.1, 0.15) is 0 Å². The van der Waals surface area contributed by atoms with E-state index in [2.05, 4.69) is 59.2 Å². The number of aromatic nitrogens is 3. The summed E-state index contributed by atoms with van der Waals surface area (Å²) in [5.41, 5.74) is 7.83. The quantitative estimate of drug-likeness (QED) is 0.397. The zero-order chi connectivity index (χ0) is 20.5. The van der Waals surface area contributed by atoms with Gasteiger partial charge < -0.3 is 16.4 Å². The number of amides is 1. The van der Waals surface area contributed by atoms with Crippen molar-refractivity contribution in [2.45, 2.75) is 25.7 Å². The van der Waals surface area contributed by atoms with Gasteiger partial charge in [-0.3, -0.25) is 4.79 Å². The number of carbonyl (C=O) groups excluding carboxylic acids is 1. The van der Waals surface area contributed by atoms with Crippen molar-refractivity contribution in [1.29, 1.82) is 0 Å². The van der Waals surface area contributed by atoms with E-state index < -0.39 is 0 Å². The largest absolute Gasteiger partial charge is 0.372 e. The molecule has 1 amide bonds. The molecule has 0 aliphatic rings. The number of rotatable bonds is 7. The molecule has 0 aliphatic heterocycles. The van der Waals surface area contributed by atoms with Gasteiger partial charge in [0.15, 0.2) is 5.13 Å². The Balaban J connectivity index is 0.000000878. The van der Waals surface area contributed by atoms with E-state index >= 15 is 0 Å². The molecule has 0 spiro atoms. The highest BCUT2D eigenvalue weighted by atomic mass is 32.2. The number of nitrogens with two attached hydrogens (primary N) is 1. The van der Waals surface area contributed by atoms with Gasteiger partial charge in [-0.25, -0.2) is 15.0 Å². The molecular weight excluding hydrogens is 392 g/mol. The molecule has 0 radical (unpaired) electrons. The van der Waals surface area contributed by atoms with Gasteiger partial charge in [-0.15, -0.1) is 11.8 Å². The Kier molecular flexibility index (Phi) is 8.46. The lowest BCUT2D eigenvalue weighted by atomic mass is 10.1. The molecule has 3 aromatic rings. The van der Waals surface area contributed by atoms with E-state index in [9.17, 15) is 0 Å². The predicted molar refractivity (Wildman–Crippen MR) is 119 cm³/mol. The number of nitrogens with zero attached hydrogens (tertiary/aromatic N) is 3. The van der Waals surface area contributed by atoms with Crippen LogP contribution in [0.2, 0.25) is 0 Å². The second-order valence-electron chi connectivity index (χ2n) is 6.32. The first kappa shape index (κ1) is 21.9. The van der Waals surface area contributed by atoms with E-state index in [4.69, 9.17) is 9.78 Å². The van der Waals surface area contributed by atoms with Crippen molar-refractivity contribution in [3.8, 4) is 0 Å². The van der Waals surface area contributed by atoms with Crippen LogP contribution in [0.5, 0.6) is 0 Å². The molecule has 9 heteroatoms. The number of benzene rings is 1. The average Bonchev–Trinajstić information content (AvgIpc) is 3.12. The highest BCUT2D eigenvalue weighted by molar-refractivity contribution is 7.98. The minimum atomic E-state index is 0.250. The summed E-state index contributed by atoms with van der Waals surface area (Å²) in [6, 6.07) is 4.32. The van der Waals surface area contributed by atoms with Gasteiger partial charge in [0, 0.05) is 30.4 Å². The molecule has 7 nitrogen and oxygen atoms in total. The van der Waals surface area contributed by atoms with Gasteiger partial charge in [0.05, 0.1) is 10.2 Å². The Morgan fingerprint density at radius 3 is 2.50 bits per heavy atom. The number of hydrogen-bond acceptors (Lipinski definition) is 8. The Hall–Kier alpha value is -2.39. The minimum absolute atomic E-state index is 0.250. The standard InChI is InChI=1S/C18H23N5S2.CH3NO/c1-11(7-19-17-20-9-14(24-4)10-21-17)8-22-18-23-16-13(3)12(2)5-6-15(16)25-18;2-1-3/h5-6,9-11H,7-8H2,1-4H3,(H,22,23)(H,19,20,21);1H,(H2,2,3). The normalized spacial score (nSPS) is 11.4. The molecule has 150 valence electrons. The molecule has 1 aromatic carbocycles. The molecule has 0 saturated carbocycles.